The van der Waals surface area contributed by atoms with Gasteiger partial charge < -0.3 is 5.11 Å². The Morgan fingerprint density at radius 3 is 2.57 bits per heavy atom. The van der Waals surface area contributed by atoms with Gasteiger partial charge in [0.2, 0.25) is 0 Å². The Bertz CT molecular complexity index is 1410. The summed E-state index contributed by atoms with van der Waals surface area (Å²) in [5.41, 5.74) is 9.46. The average Bonchev–Trinajstić information content (AvgIpc) is 3.45. The molecule has 0 bridgehead atoms. The molecule has 5 rings (SSSR count). The first kappa shape index (κ1) is 23.0. The Hall–Kier alpha value is -3.72. The van der Waals surface area contributed by atoms with Gasteiger partial charge in [0.15, 0.2) is 0 Å². The van der Waals surface area contributed by atoms with E-state index in [0.717, 1.165) is 45.6 Å². The summed E-state index contributed by atoms with van der Waals surface area (Å²) < 4.78 is 0.862. The highest BCUT2D eigenvalue weighted by Crippen LogP contribution is 2.51. The first-order valence-electron chi connectivity index (χ1n) is 12.0. The van der Waals surface area contributed by atoms with Gasteiger partial charge in [-0.05, 0) is 40.6 Å². The number of para-hydroxylation sites is 1. The molecule has 1 fully saturated rings. The van der Waals surface area contributed by atoms with Gasteiger partial charge in [0.05, 0.1) is 19.5 Å². The summed E-state index contributed by atoms with van der Waals surface area (Å²) in [7, 11) is 0. The molecule has 2 aliphatic rings. The molecule has 0 unspecified atom stereocenters. The van der Waals surface area contributed by atoms with Crippen LogP contribution >= 0.6 is 11.3 Å². The van der Waals surface area contributed by atoms with E-state index < -0.39 is 5.97 Å². The molecule has 35 heavy (non-hydrogen) atoms. The number of fused-ring (bicyclic) bond motifs is 2. The molecule has 3 heterocycles. The number of rotatable bonds is 7. The van der Waals surface area contributed by atoms with Crippen molar-refractivity contribution in [2.24, 2.45) is 0 Å². The monoisotopic (exact) mass is 479 g/mol. The molecule has 0 saturated carbocycles. The van der Waals surface area contributed by atoms with Crippen molar-refractivity contribution in [1.29, 1.82) is 5.26 Å². The smallest absolute Gasteiger partial charge is 0.307 e. The molecule has 1 N–H and O–H groups in total. The van der Waals surface area contributed by atoms with Crippen molar-refractivity contribution in [2.45, 2.75) is 26.2 Å². The molecule has 1 spiro atoms. The second-order valence-corrected chi connectivity index (χ2v) is 9.88. The Labute approximate surface area is 210 Å². The van der Waals surface area contributed by atoms with Crippen LogP contribution in [0.1, 0.15) is 53.3 Å². The second-order valence-electron chi connectivity index (χ2n) is 8.96. The number of carboxylic acids is 1. The van der Waals surface area contributed by atoms with Gasteiger partial charge in [-0.15, -0.1) is 11.3 Å². The Morgan fingerprint density at radius 2 is 1.91 bits per heavy atom. The molecule has 0 radical (unpaired) electrons. The van der Waals surface area contributed by atoms with E-state index in [4.69, 9.17) is 5.11 Å². The normalized spacial score (nSPS) is 16.4. The van der Waals surface area contributed by atoms with E-state index in [1.54, 1.807) is 6.08 Å². The van der Waals surface area contributed by atoms with Crippen molar-refractivity contribution in [3.05, 3.63) is 98.9 Å². The Morgan fingerprint density at radius 1 is 1.14 bits per heavy atom. The fourth-order valence-electron chi connectivity index (χ4n) is 5.31. The largest absolute Gasteiger partial charge is 0.481 e. The van der Waals surface area contributed by atoms with E-state index in [9.17, 15) is 10.1 Å². The van der Waals surface area contributed by atoms with Gasteiger partial charge >= 0.3 is 5.97 Å². The zero-order chi connectivity index (χ0) is 24.4. The van der Waals surface area contributed by atoms with Gasteiger partial charge in [-0.2, -0.15) is 5.26 Å². The SMILES string of the molecule is CC/C(=C(\C1=Cc2ccccc2[N+]12CCC2)c1ccc(/C=C/CC(=O)O)cc1)c1ccsc1C#N. The molecule has 0 amide bonds. The van der Waals surface area contributed by atoms with Crippen LogP contribution in [0.5, 0.6) is 0 Å². The topological polar surface area (TPSA) is 61.1 Å². The van der Waals surface area contributed by atoms with Crippen LogP contribution in [0.25, 0.3) is 23.3 Å². The molecule has 4 nitrogen and oxygen atoms in total. The Kier molecular flexibility index (Phi) is 6.25. The van der Waals surface area contributed by atoms with Crippen LogP contribution in [0.15, 0.2) is 71.8 Å². The second kappa shape index (κ2) is 9.50. The van der Waals surface area contributed by atoms with E-state index in [-0.39, 0.29) is 6.42 Å². The van der Waals surface area contributed by atoms with Crippen molar-refractivity contribution in [3.8, 4) is 6.07 Å². The van der Waals surface area contributed by atoms with Crippen LogP contribution in [0.2, 0.25) is 0 Å². The first-order valence-corrected chi connectivity index (χ1v) is 12.8. The van der Waals surface area contributed by atoms with E-state index in [0.29, 0.717) is 0 Å². The first-order chi connectivity index (χ1) is 17.1. The minimum Gasteiger partial charge on any atom is -0.481 e. The summed E-state index contributed by atoms with van der Waals surface area (Å²) in [4.78, 5) is 11.6. The summed E-state index contributed by atoms with van der Waals surface area (Å²) >= 11 is 1.49. The van der Waals surface area contributed by atoms with Crippen LogP contribution < -0.4 is 4.48 Å². The quantitative estimate of drug-likeness (QED) is 0.365. The zero-order valence-corrected chi connectivity index (χ0v) is 20.5. The third-order valence-electron chi connectivity index (χ3n) is 7.04. The predicted molar refractivity (Wildman–Crippen MR) is 144 cm³/mol. The van der Waals surface area contributed by atoms with Crippen molar-refractivity contribution in [3.63, 3.8) is 0 Å². The molecule has 1 aromatic heterocycles. The third kappa shape index (κ3) is 4.05. The zero-order valence-electron chi connectivity index (χ0n) is 19.7. The molecular formula is C30H27N2O2S+. The number of carbonyl (C=O) groups is 1. The van der Waals surface area contributed by atoms with Gasteiger partial charge in [0, 0.05) is 35.3 Å². The van der Waals surface area contributed by atoms with Crippen LogP contribution in [-0.2, 0) is 4.79 Å². The standard InChI is InChI=1S/C30H26N2O2S/c1-2-24(25-15-18-35-28(25)20-31)30(22-13-11-21(12-14-22)7-5-10-29(33)34)27-19-23-8-3-4-9-26(23)32(27)16-6-17-32/h3-5,7-9,11-15,18-19H,2,6,10,16-17H2,1H3/p+1/b7-5+,30-24+. The maximum atomic E-state index is 10.9. The van der Waals surface area contributed by atoms with Crippen molar-refractivity contribution < 1.29 is 9.90 Å². The van der Waals surface area contributed by atoms with Crippen LogP contribution in [0.3, 0.4) is 0 Å². The van der Waals surface area contributed by atoms with Gasteiger partial charge in [-0.1, -0.05) is 55.5 Å². The van der Waals surface area contributed by atoms with Crippen LogP contribution in [0.4, 0.5) is 5.69 Å². The van der Waals surface area contributed by atoms with E-state index in [1.165, 1.54) is 45.9 Å². The minimum atomic E-state index is -0.837. The number of nitrogens with zero attached hydrogens (tertiary/aromatic N) is 2. The fourth-order valence-corrected chi connectivity index (χ4v) is 6.02. The third-order valence-corrected chi connectivity index (χ3v) is 7.86. The summed E-state index contributed by atoms with van der Waals surface area (Å²) in [6, 6.07) is 21.5. The summed E-state index contributed by atoms with van der Waals surface area (Å²) in [6.07, 6.45) is 7.88. The highest BCUT2D eigenvalue weighted by molar-refractivity contribution is 7.10. The van der Waals surface area contributed by atoms with E-state index in [1.807, 2.05) is 23.6 Å². The number of aliphatic carboxylic acids is 1. The number of hydrogen-bond acceptors (Lipinski definition) is 3. The molecule has 2 aliphatic heterocycles. The van der Waals surface area contributed by atoms with Crippen molar-refractivity contribution >= 4 is 46.3 Å². The number of nitriles is 1. The van der Waals surface area contributed by atoms with Gasteiger partial charge in [-0.25, -0.2) is 0 Å². The number of carboxylic acid groups (broad SMARTS) is 1. The maximum Gasteiger partial charge on any atom is 0.307 e. The van der Waals surface area contributed by atoms with E-state index in [2.05, 4.69) is 61.5 Å². The van der Waals surface area contributed by atoms with Crippen LogP contribution in [0, 0.1) is 11.3 Å². The molecule has 2 aromatic carbocycles. The average molecular weight is 480 g/mol. The molecule has 3 aromatic rings. The van der Waals surface area contributed by atoms with Crippen molar-refractivity contribution in [1.82, 2.24) is 4.48 Å². The number of allylic oxidation sites excluding steroid dienone is 2. The minimum absolute atomic E-state index is 0.00707. The number of benzene rings is 2. The summed E-state index contributed by atoms with van der Waals surface area (Å²) in [5, 5.41) is 20.7. The van der Waals surface area contributed by atoms with E-state index >= 15 is 0 Å². The van der Waals surface area contributed by atoms with Crippen molar-refractivity contribution in [2.75, 3.05) is 13.1 Å². The van der Waals surface area contributed by atoms with Gasteiger partial charge in [0.25, 0.3) is 0 Å². The lowest BCUT2D eigenvalue weighted by Gasteiger charge is -2.45. The van der Waals surface area contributed by atoms with Gasteiger partial charge in [0.1, 0.15) is 22.3 Å². The lowest BCUT2D eigenvalue weighted by Crippen LogP contribution is -2.57. The lowest BCUT2D eigenvalue weighted by atomic mass is 9.88. The number of hydrogen-bond donors (Lipinski definition) is 1. The highest BCUT2D eigenvalue weighted by Gasteiger charge is 2.49. The molecule has 1 saturated heterocycles. The molecule has 174 valence electrons. The fraction of sp³-hybridized carbons (Fsp3) is 0.200. The number of thiophene rings is 1. The highest BCUT2D eigenvalue weighted by atomic mass is 32.1. The lowest BCUT2D eigenvalue weighted by molar-refractivity contribution is -0.135. The summed E-state index contributed by atoms with van der Waals surface area (Å²) in [6.45, 7) is 4.32. The summed E-state index contributed by atoms with van der Waals surface area (Å²) in [5.74, 6) is -0.837. The molecule has 5 heteroatoms. The predicted octanol–water partition coefficient (Wildman–Crippen LogP) is 7.19. The number of quaternary nitrogens is 1. The Balaban J connectivity index is 1.68. The van der Waals surface area contributed by atoms with Gasteiger partial charge in [-0.3, -0.25) is 9.28 Å². The maximum absolute atomic E-state index is 10.9. The van der Waals surface area contributed by atoms with Crippen LogP contribution in [-0.4, -0.2) is 24.2 Å². The molecular weight excluding hydrogens is 452 g/mol. The molecule has 0 atom stereocenters. The molecule has 0 aliphatic carbocycles.